The van der Waals surface area contributed by atoms with E-state index in [0.29, 0.717) is 22.2 Å². The van der Waals surface area contributed by atoms with Crippen molar-refractivity contribution in [1.29, 1.82) is 0 Å². The van der Waals surface area contributed by atoms with E-state index in [9.17, 15) is 14.4 Å². The minimum Gasteiger partial charge on any atom is -0.352 e. The van der Waals surface area contributed by atoms with Crippen molar-refractivity contribution in [3.8, 4) is 0 Å². The molecule has 0 aliphatic heterocycles. The molecule has 6 nitrogen and oxygen atoms in total. The lowest BCUT2D eigenvalue weighted by atomic mass is 9.86. The molecule has 126 valence electrons. The predicted molar refractivity (Wildman–Crippen MR) is 89.9 cm³/mol. The molecule has 0 aromatic carbocycles. The van der Waals surface area contributed by atoms with Crippen LogP contribution in [-0.4, -0.2) is 33.5 Å². The molecule has 1 fully saturated rings. The Hall–Kier alpha value is -1.63. The summed E-state index contributed by atoms with van der Waals surface area (Å²) >= 11 is 1.14. The van der Waals surface area contributed by atoms with Gasteiger partial charge in [-0.05, 0) is 32.6 Å². The summed E-state index contributed by atoms with van der Waals surface area (Å²) in [5.74, 6) is 0.391. The number of aromatic nitrogens is 2. The molecule has 0 spiro atoms. The van der Waals surface area contributed by atoms with Crippen molar-refractivity contribution < 1.29 is 9.59 Å². The van der Waals surface area contributed by atoms with Crippen LogP contribution in [0.2, 0.25) is 0 Å². The number of nitrogens with one attached hydrogen (secondary N) is 2. The molecular formula is C16H23N3O3S. The van der Waals surface area contributed by atoms with Crippen LogP contribution in [0.3, 0.4) is 0 Å². The van der Waals surface area contributed by atoms with Gasteiger partial charge in [0, 0.05) is 11.7 Å². The van der Waals surface area contributed by atoms with E-state index >= 15 is 0 Å². The minimum atomic E-state index is -0.503. The quantitative estimate of drug-likeness (QED) is 0.487. The van der Waals surface area contributed by atoms with Crippen LogP contribution in [0.25, 0.3) is 0 Å². The van der Waals surface area contributed by atoms with Crippen LogP contribution in [-0.2, 0) is 4.79 Å². The maximum atomic E-state index is 12.2. The van der Waals surface area contributed by atoms with Crippen molar-refractivity contribution in [2.45, 2.75) is 57.5 Å². The lowest BCUT2D eigenvalue weighted by Gasteiger charge is -2.29. The number of ketones is 1. The van der Waals surface area contributed by atoms with Crippen molar-refractivity contribution in [3.63, 3.8) is 0 Å². The molecule has 0 saturated heterocycles. The highest BCUT2D eigenvalue weighted by molar-refractivity contribution is 8.00. The van der Waals surface area contributed by atoms with Gasteiger partial charge in [0.15, 0.2) is 5.78 Å². The summed E-state index contributed by atoms with van der Waals surface area (Å²) < 4.78 is 0. The summed E-state index contributed by atoms with van der Waals surface area (Å²) in [6.07, 6.45) is 4.52. The van der Waals surface area contributed by atoms with Gasteiger partial charge < -0.3 is 10.3 Å². The van der Waals surface area contributed by atoms with Crippen molar-refractivity contribution in [1.82, 2.24) is 15.3 Å². The van der Waals surface area contributed by atoms with Gasteiger partial charge in [-0.1, -0.05) is 31.5 Å². The molecule has 0 unspecified atom stereocenters. The summed E-state index contributed by atoms with van der Waals surface area (Å²) in [6.45, 7) is 5.25. The van der Waals surface area contributed by atoms with E-state index in [1.54, 1.807) is 6.92 Å². The number of rotatable bonds is 5. The Morgan fingerprint density at radius 2 is 2.04 bits per heavy atom. The highest BCUT2D eigenvalue weighted by Crippen LogP contribution is 2.25. The fourth-order valence-electron chi connectivity index (χ4n) is 2.99. The normalized spacial score (nSPS) is 21.0. The number of carbonyl (C=O) groups excluding carboxylic acids is 2. The second kappa shape index (κ2) is 7.77. The van der Waals surface area contributed by atoms with Crippen LogP contribution >= 0.6 is 11.8 Å². The Morgan fingerprint density at radius 1 is 1.35 bits per heavy atom. The second-order valence-electron chi connectivity index (χ2n) is 6.13. The zero-order valence-corrected chi connectivity index (χ0v) is 14.6. The molecule has 1 aliphatic rings. The number of H-pyrrole nitrogens is 1. The largest absolute Gasteiger partial charge is 0.352 e. The molecule has 2 rings (SSSR count). The topological polar surface area (TPSA) is 91.9 Å². The van der Waals surface area contributed by atoms with E-state index in [0.717, 1.165) is 31.0 Å². The number of aromatic amines is 1. The zero-order chi connectivity index (χ0) is 17.0. The third kappa shape index (κ3) is 4.67. The first-order valence-corrected chi connectivity index (χ1v) is 8.91. The van der Waals surface area contributed by atoms with E-state index in [2.05, 4.69) is 22.2 Å². The molecule has 1 heterocycles. The van der Waals surface area contributed by atoms with Crippen molar-refractivity contribution >= 4 is 23.5 Å². The lowest BCUT2D eigenvalue weighted by molar-refractivity contribution is -0.119. The number of nitrogens with zero attached hydrogens (tertiary/aromatic N) is 1. The molecule has 0 radical (unpaired) electrons. The molecule has 1 aromatic rings. The Labute approximate surface area is 139 Å². The number of hydrogen-bond donors (Lipinski definition) is 2. The summed E-state index contributed by atoms with van der Waals surface area (Å²) in [5, 5.41) is 3.38. The highest BCUT2D eigenvalue weighted by Gasteiger charge is 2.23. The monoisotopic (exact) mass is 337 g/mol. The third-order valence-electron chi connectivity index (χ3n) is 4.24. The van der Waals surface area contributed by atoms with Gasteiger partial charge in [0.2, 0.25) is 5.91 Å². The summed E-state index contributed by atoms with van der Waals surface area (Å²) in [6, 6.07) is 0.220. The summed E-state index contributed by atoms with van der Waals surface area (Å²) in [4.78, 5) is 41.7. The Morgan fingerprint density at radius 3 is 2.70 bits per heavy atom. The summed E-state index contributed by atoms with van der Waals surface area (Å²) in [5.41, 5.74) is 0.367. The van der Waals surface area contributed by atoms with Crippen molar-refractivity contribution in [2.24, 2.45) is 5.92 Å². The fraction of sp³-hybridized carbons (Fsp3) is 0.625. The van der Waals surface area contributed by atoms with Crippen LogP contribution in [0.5, 0.6) is 0 Å². The predicted octanol–water partition coefficient (Wildman–Crippen LogP) is 2.07. The number of amides is 1. The molecule has 1 saturated carbocycles. The van der Waals surface area contributed by atoms with Gasteiger partial charge in [-0.3, -0.25) is 9.59 Å². The van der Waals surface area contributed by atoms with E-state index in [1.807, 2.05) is 0 Å². The number of hydrogen-bond acceptors (Lipinski definition) is 5. The van der Waals surface area contributed by atoms with Crippen LogP contribution in [0.4, 0.5) is 0 Å². The van der Waals surface area contributed by atoms with Gasteiger partial charge in [0.1, 0.15) is 5.03 Å². The van der Waals surface area contributed by atoms with Crippen molar-refractivity contribution in [3.05, 3.63) is 21.7 Å². The Bertz CT molecular complexity index is 656. The third-order valence-corrected chi connectivity index (χ3v) is 5.21. The lowest BCUT2D eigenvalue weighted by Crippen LogP contribution is -2.41. The van der Waals surface area contributed by atoms with E-state index in [4.69, 9.17) is 0 Å². The average molecular weight is 337 g/mol. The molecule has 1 aliphatic carbocycles. The Balaban J connectivity index is 2.01. The molecule has 1 aromatic heterocycles. The molecule has 2 atom stereocenters. The SMILES string of the molecule is CC(=O)c1c(SCC(=O)N[C@@H]2CCCC[C@@H]2C)nc(=O)[nH]c1C. The van der Waals surface area contributed by atoms with Crippen LogP contribution in [0.15, 0.2) is 9.82 Å². The molecule has 7 heteroatoms. The maximum absolute atomic E-state index is 12.2. The van der Waals surface area contributed by atoms with Gasteiger partial charge in [0.05, 0.1) is 11.3 Å². The fourth-order valence-corrected chi connectivity index (χ4v) is 3.93. The number of carbonyl (C=O) groups is 2. The molecule has 2 N–H and O–H groups in total. The first-order chi connectivity index (χ1) is 10.9. The average Bonchev–Trinajstić information content (AvgIpc) is 2.46. The van der Waals surface area contributed by atoms with Gasteiger partial charge in [0.25, 0.3) is 0 Å². The Kier molecular flexibility index (Phi) is 5.98. The first kappa shape index (κ1) is 17.7. The second-order valence-corrected chi connectivity index (χ2v) is 7.09. The molecule has 0 bridgehead atoms. The van der Waals surface area contributed by atoms with Crippen LogP contribution in [0.1, 0.15) is 55.6 Å². The molecule has 23 heavy (non-hydrogen) atoms. The maximum Gasteiger partial charge on any atom is 0.346 e. The summed E-state index contributed by atoms with van der Waals surface area (Å²) in [7, 11) is 0. The van der Waals surface area contributed by atoms with Crippen molar-refractivity contribution in [2.75, 3.05) is 5.75 Å². The van der Waals surface area contributed by atoms with Gasteiger partial charge in [-0.15, -0.1) is 0 Å². The van der Waals surface area contributed by atoms with E-state index in [1.165, 1.54) is 13.3 Å². The molecular weight excluding hydrogens is 314 g/mol. The van der Waals surface area contributed by atoms with Crippen LogP contribution in [0, 0.1) is 12.8 Å². The van der Waals surface area contributed by atoms with E-state index in [-0.39, 0.29) is 23.5 Å². The molecule has 1 amide bonds. The van der Waals surface area contributed by atoms with Crippen LogP contribution < -0.4 is 11.0 Å². The number of Topliss-reactive ketones (excluding diaryl/α,β-unsaturated/α-hetero) is 1. The smallest absolute Gasteiger partial charge is 0.346 e. The highest BCUT2D eigenvalue weighted by atomic mass is 32.2. The number of aryl methyl sites for hydroxylation is 1. The standard InChI is InChI=1S/C16H23N3O3S/c1-9-6-4-5-7-12(9)18-13(21)8-23-15-14(11(3)20)10(2)17-16(22)19-15/h9,12H,4-8H2,1-3H3,(H,18,21)(H,17,19,22)/t9-,12+/m0/s1. The minimum absolute atomic E-state index is 0.0806. The number of thioether (sulfide) groups is 1. The van der Waals surface area contributed by atoms with Gasteiger partial charge >= 0.3 is 5.69 Å². The van der Waals surface area contributed by atoms with E-state index < -0.39 is 5.69 Å². The first-order valence-electron chi connectivity index (χ1n) is 7.92. The van der Waals surface area contributed by atoms with Gasteiger partial charge in [-0.2, -0.15) is 4.98 Å². The van der Waals surface area contributed by atoms with Gasteiger partial charge in [-0.25, -0.2) is 4.79 Å². The zero-order valence-electron chi connectivity index (χ0n) is 13.8.